The van der Waals surface area contributed by atoms with Crippen LogP contribution < -0.4 is 11.1 Å². The number of nitrogens with zero attached hydrogens (tertiary/aromatic N) is 7. The Morgan fingerprint density at radius 2 is 0.897 bits per heavy atom. The van der Waals surface area contributed by atoms with Crippen molar-refractivity contribution >= 4 is 72.0 Å². The molecule has 0 saturated carbocycles. The lowest BCUT2D eigenvalue weighted by Crippen LogP contribution is -2.56. The normalized spacial score (nSPS) is 16.0. The second-order valence-corrected chi connectivity index (χ2v) is 37.2. The van der Waals surface area contributed by atoms with E-state index in [2.05, 4.69) is 114 Å². The summed E-state index contributed by atoms with van der Waals surface area (Å²) in [6.45, 7) is 39.0. The van der Waals surface area contributed by atoms with Crippen LogP contribution in [-0.4, -0.2) is 263 Å². The zero-order valence-corrected chi connectivity index (χ0v) is 73.8. The van der Waals surface area contributed by atoms with Crippen LogP contribution in [-0.2, 0) is 56.5 Å². The summed E-state index contributed by atoms with van der Waals surface area (Å²) < 4.78 is 81.0. The van der Waals surface area contributed by atoms with Gasteiger partial charge in [-0.2, -0.15) is 18.6 Å². The molecule has 4 aromatic carbocycles. The fourth-order valence-corrected chi connectivity index (χ4v) is 10.1. The van der Waals surface area contributed by atoms with Gasteiger partial charge in [-0.25, -0.2) is 32.4 Å². The molecule has 6 saturated heterocycles. The van der Waals surface area contributed by atoms with Crippen molar-refractivity contribution in [1.29, 1.82) is 0 Å². The Morgan fingerprint density at radius 1 is 0.560 bits per heavy atom. The number of carbonyl (C=O) groups excluding carboxylic acids is 5. The highest BCUT2D eigenvalue weighted by Gasteiger charge is 2.38. The number of H-pyrrole nitrogens is 1. The fourth-order valence-electron chi connectivity index (χ4n) is 9.34. The molecule has 6 aliphatic heterocycles. The molecule has 116 heavy (non-hydrogen) atoms. The van der Waals surface area contributed by atoms with E-state index in [9.17, 15) is 45.9 Å². The first-order chi connectivity index (χ1) is 53.6. The first-order valence-corrected chi connectivity index (χ1v) is 42.8. The third-order valence-electron chi connectivity index (χ3n) is 14.7. The van der Waals surface area contributed by atoms with Crippen LogP contribution in [0.1, 0.15) is 164 Å². The number of ether oxygens (including phenoxy) is 7. The van der Waals surface area contributed by atoms with Crippen LogP contribution in [0.5, 0.6) is 0 Å². The summed E-state index contributed by atoms with van der Waals surface area (Å²) >= 11 is 5.27. The number of epoxide rings is 1. The molecule has 0 bridgehead atoms. The van der Waals surface area contributed by atoms with Crippen molar-refractivity contribution in [3.8, 4) is 0 Å². The van der Waals surface area contributed by atoms with Crippen LogP contribution in [0.3, 0.4) is 0 Å². The monoisotopic (exact) mass is 1710 g/mol. The highest BCUT2D eigenvalue weighted by atomic mass is 35.7. The number of halogens is 2. The van der Waals surface area contributed by atoms with Crippen molar-refractivity contribution in [3.63, 3.8) is 0 Å². The maximum absolute atomic E-state index is 11.7. The van der Waals surface area contributed by atoms with Gasteiger partial charge in [-0.05, 0) is 158 Å². The topological polar surface area (TPSA) is 409 Å². The standard InChI is InChI=1S/C16H17NO.C13H13N.C12H19N3O2.C10H18O5.C9H17NO5S.C8H15NO3.C4H6N2.C3H5ClO.C3H7NO.C2H6O.CH3ClO2S.H2/c18-15-11-17(12-15)16(13-7-3-1-4-8-13)14-9-5-2-6-10-14;14-13(11-7-3-1-4-8-11)12-9-5-2-6-10-12;1-9-5-13-15(6-9)10-7-14(8-10)11(16)17-12(2,3)4;1-9(2,3)14-7(11)13-8(12)15-10(4,5)6;1-9(2,3)14-8(11)10-5-7(6-10)15-16(4,12)13;1-8(2,3)12-7(11)9-4-6(10)5-9;1-4-2-5-6-3-4;4-1-3-2-5-3;5-3-1-4-2-3;1-2-3;1-5(2,3)4;/h1-10,15-16,18H,11-12H2;1-10,13H,14H2;5-6,10H,7-8H2,1-4H3;1-6H3;7H,5-6H2,1-4H3;6,10H,4-5H2,1-3H3;2-3H,1H3,(H,5,6);3H,1-2H2;3-5H,1-2H2;3H,2H2,1H3;1H3;1H. The highest BCUT2D eigenvalue weighted by molar-refractivity contribution is 8.13. The number of aryl methyl sites for hydroxylation is 2. The largest absolute Gasteiger partial charge is 0.519 e. The predicted octanol–water partition coefficient (Wildman–Crippen LogP) is 11.9. The van der Waals surface area contributed by atoms with Crippen molar-refractivity contribution in [2.75, 3.05) is 97.1 Å². The second kappa shape index (κ2) is 50.0. The summed E-state index contributed by atoms with van der Waals surface area (Å²) in [7, 11) is -2.14. The Balaban J connectivity index is 0.000000664. The van der Waals surface area contributed by atoms with Gasteiger partial charge in [0.05, 0.1) is 106 Å². The third-order valence-corrected chi connectivity index (χ3v) is 15.6. The van der Waals surface area contributed by atoms with Gasteiger partial charge < -0.3 is 79.3 Å². The van der Waals surface area contributed by atoms with Gasteiger partial charge in [0.15, 0.2) is 0 Å². The number of aromatic amines is 1. The summed E-state index contributed by atoms with van der Waals surface area (Å²) in [5.41, 5.74) is 10.5. The fraction of sp³-hybridized carbons (Fsp3) is 0.568. The van der Waals surface area contributed by atoms with Crippen LogP contribution in [0, 0.1) is 13.8 Å². The van der Waals surface area contributed by atoms with Gasteiger partial charge in [0.2, 0.25) is 9.05 Å². The third kappa shape index (κ3) is 49.9. The number of carbonyl (C=O) groups is 5. The number of rotatable bonds is 9. The number of hydrogen-bond acceptors (Lipinski definition) is 26. The molecular weight excluding hydrogens is 1580 g/mol. The average molecular weight is 1710 g/mol. The van der Waals surface area contributed by atoms with E-state index in [1.54, 1.807) is 80.3 Å². The Kier molecular flexibility index (Phi) is 44.9. The Hall–Kier alpha value is -8.03. The second-order valence-electron chi connectivity index (χ2n) is 32.2. The number of hydrogen-bond donors (Lipinski definition) is 7. The van der Waals surface area contributed by atoms with E-state index >= 15 is 0 Å². The van der Waals surface area contributed by atoms with Crippen LogP contribution in [0.4, 0.5) is 24.0 Å². The summed E-state index contributed by atoms with van der Waals surface area (Å²) in [5.74, 6) is 0.667. The smallest absolute Gasteiger partial charge is 0.444 e. The van der Waals surface area contributed by atoms with Crippen LogP contribution in [0.15, 0.2) is 146 Å². The number of nitrogens with one attached hydrogen (secondary N) is 2. The molecule has 0 radical (unpaired) electrons. The van der Waals surface area contributed by atoms with Crippen molar-refractivity contribution in [2.24, 2.45) is 5.73 Å². The van der Waals surface area contributed by atoms with Gasteiger partial charge in [0.25, 0.3) is 10.1 Å². The number of benzene rings is 4. The number of aliphatic hydroxyl groups excluding tert-OH is 4. The van der Waals surface area contributed by atoms with Gasteiger partial charge >= 0.3 is 30.6 Å². The lowest BCUT2D eigenvalue weighted by molar-refractivity contribution is -0.0307. The van der Waals surface area contributed by atoms with Crippen molar-refractivity contribution in [3.05, 3.63) is 179 Å². The number of aromatic nitrogens is 4. The highest BCUT2D eigenvalue weighted by Crippen LogP contribution is 2.32. The predicted molar refractivity (Wildman–Crippen MR) is 448 cm³/mol. The minimum absolute atomic E-state index is 0. The zero-order valence-electron chi connectivity index (χ0n) is 70.7. The van der Waals surface area contributed by atoms with Gasteiger partial charge in [-0.3, -0.25) is 18.9 Å². The number of amides is 3. The molecule has 6 fully saturated rings. The number of likely N-dealkylation sites (tertiary alicyclic amines) is 4. The summed E-state index contributed by atoms with van der Waals surface area (Å²) in [6.07, 6.45) is 5.61. The molecule has 654 valence electrons. The molecule has 2 aromatic heterocycles. The van der Waals surface area contributed by atoms with E-state index in [0.717, 1.165) is 62.0 Å². The Morgan fingerprint density at radius 3 is 1.14 bits per heavy atom. The summed E-state index contributed by atoms with van der Waals surface area (Å²) in [4.78, 5) is 63.2. The molecule has 35 heteroatoms. The van der Waals surface area contributed by atoms with Crippen LogP contribution in [0.2, 0.25) is 0 Å². The molecule has 1 unspecified atom stereocenters. The van der Waals surface area contributed by atoms with E-state index in [0.29, 0.717) is 38.2 Å². The van der Waals surface area contributed by atoms with Gasteiger partial charge in [-0.15, -0.1) is 11.6 Å². The molecule has 1 atom stereocenters. The molecule has 31 nitrogen and oxygen atoms in total. The van der Waals surface area contributed by atoms with Gasteiger partial charge in [0, 0.05) is 70.4 Å². The van der Waals surface area contributed by atoms with E-state index in [1.165, 1.54) is 26.5 Å². The Bertz CT molecular complexity index is 3880. The first kappa shape index (κ1) is 104. The Labute approximate surface area is 696 Å². The number of nitrogens with two attached hydrogens (primary N) is 1. The van der Waals surface area contributed by atoms with E-state index < -0.39 is 71.7 Å². The molecule has 8 heterocycles. The molecule has 3 amide bonds. The number of aliphatic hydroxyl groups is 4. The number of alkyl halides is 1. The molecule has 6 aromatic rings. The molecule has 0 spiro atoms. The van der Waals surface area contributed by atoms with E-state index in [4.69, 9.17) is 65.3 Å². The van der Waals surface area contributed by atoms with Crippen molar-refractivity contribution in [1.82, 2.24) is 44.9 Å². The van der Waals surface area contributed by atoms with E-state index in [-0.39, 0.29) is 69.7 Å². The quantitative estimate of drug-likeness (QED) is 0.0134. The minimum Gasteiger partial charge on any atom is -0.444 e. The van der Waals surface area contributed by atoms with E-state index in [1.807, 2.05) is 127 Å². The van der Waals surface area contributed by atoms with Crippen molar-refractivity contribution < 1.29 is 100 Å². The lowest BCUT2D eigenvalue weighted by Gasteiger charge is -2.42. The maximum Gasteiger partial charge on any atom is 0.519 e. The average Bonchev–Trinajstić information content (AvgIpc) is 1.35. The molecule has 0 aliphatic carbocycles. The van der Waals surface area contributed by atoms with Crippen molar-refractivity contribution in [2.45, 2.75) is 201 Å². The molecule has 12 rings (SSSR count). The maximum atomic E-state index is 11.7. The first-order valence-electron chi connectivity index (χ1n) is 37.7. The molecule has 6 aliphatic rings. The molecular formula is C81H128Cl2N10O21S2. The van der Waals surface area contributed by atoms with Gasteiger partial charge in [-0.1, -0.05) is 121 Å². The number of β-amino-alcohol motifs (C(OH)–C–C–N with tert-alkyl or cyclic N) is 3. The lowest BCUT2D eigenvalue weighted by atomic mass is 9.94. The van der Waals surface area contributed by atoms with Crippen LogP contribution >= 0.6 is 22.3 Å². The molecule has 8 N–H and O–H groups in total. The summed E-state index contributed by atoms with van der Waals surface area (Å²) in [5, 5.41) is 47.9. The van der Waals surface area contributed by atoms with Gasteiger partial charge in [0.1, 0.15) is 34.1 Å². The SMILES string of the molecule is CC(C)(C)OC(=O)N1CC(O)C1.CC(C)(C)OC(=O)N1CC(OS(C)(=O)=O)C1.CC(C)(C)OC(=O)OC(=O)OC(C)(C)C.CCO.CS(=O)(=O)Cl.Cc1cn[nH]c1.Cc1cnn(C2CN(C(=O)OC(C)(C)C)C2)c1.ClCC1CO1.NC(c1ccccc1)c1ccccc1.OC1CN(C(c2ccccc2)c2ccccc2)C1.OC1CNC1.[HH]. The summed E-state index contributed by atoms with van der Waals surface area (Å²) in [6, 6.07) is 41.8. The zero-order chi connectivity index (χ0) is 88.0. The van der Waals surface area contributed by atoms with Crippen LogP contribution in [0.25, 0.3) is 0 Å². The minimum atomic E-state index is -3.45.